The second kappa shape index (κ2) is 9.56. The summed E-state index contributed by atoms with van der Waals surface area (Å²) in [7, 11) is -3.62. The van der Waals surface area contributed by atoms with E-state index in [4.69, 9.17) is 11.6 Å². The zero-order valence-electron chi connectivity index (χ0n) is 15.4. The van der Waals surface area contributed by atoms with Gasteiger partial charge < -0.3 is 10.6 Å². The summed E-state index contributed by atoms with van der Waals surface area (Å²) in [5, 5.41) is 5.81. The number of nitrogens with one attached hydrogen (secondary N) is 3. The molecule has 3 aromatic rings. The van der Waals surface area contributed by atoms with Crippen molar-refractivity contribution >= 4 is 39.0 Å². The van der Waals surface area contributed by atoms with Crippen LogP contribution in [-0.2, 0) is 16.4 Å². The highest BCUT2D eigenvalue weighted by molar-refractivity contribution is 7.89. The van der Waals surface area contributed by atoms with Crippen LogP contribution in [0.1, 0.15) is 5.56 Å². The maximum absolute atomic E-state index is 12.4. The molecule has 150 valence electrons. The van der Waals surface area contributed by atoms with Crippen molar-refractivity contribution in [3.05, 3.63) is 89.4 Å². The van der Waals surface area contributed by atoms with E-state index in [2.05, 4.69) is 15.4 Å². The van der Waals surface area contributed by atoms with Crippen LogP contribution < -0.4 is 15.4 Å². The number of anilines is 2. The van der Waals surface area contributed by atoms with Gasteiger partial charge in [-0.05, 0) is 54.4 Å². The lowest BCUT2D eigenvalue weighted by Crippen LogP contribution is -2.26. The van der Waals surface area contributed by atoms with Crippen molar-refractivity contribution in [2.45, 2.75) is 11.3 Å². The number of carbonyl (C=O) groups is 1. The molecule has 2 amide bonds. The molecule has 0 aliphatic carbocycles. The Balaban J connectivity index is 1.55. The molecule has 0 fully saturated rings. The fourth-order valence-electron chi connectivity index (χ4n) is 2.63. The van der Waals surface area contributed by atoms with Crippen molar-refractivity contribution < 1.29 is 13.2 Å². The van der Waals surface area contributed by atoms with E-state index in [0.29, 0.717) is 29.4 Å². The summed E-state index contributed by atoms with van der Waals surface area (Å²) in [5.74, 6) is 0. The molecule has 0 aliphatic heterocycles. The summed E-state index contributed by atoms with van der Waals surface area (Å²) >= 11 is 5.89. The molecule has 8 heteroatoms. The van der Waals surface area contributed by atoms with Gasteiger partial charge in [-0.25, -0.2) is 17.9 Å². The molecule has 0 saturated heterocycles. The number of halogens is 1. The minimum absolute atomic E-state index is 0.131. The van der Waals surface area contributed by atoms with Crippen LogP contribution in [-0.4, -0.2) is 21.0 Å². The topological polar surface area (TPSA) is 87.3 Å². The first-order valence-electron chi connectivity index (χ1n) is 8.90. The number of amides is 2. The summed E-state index contributed by atoms with van der Waals surface area (Å²) in [4.78, 5) is 12.2. The number of urea groups is 1. The number of benzene rings is 3. The molecule has 0 heterocycles. The normalized spacial score (nSPS) is 11.1. The first-order valence-corrected chi connectivity index (χ1v) is 10.8. The van der Waals surface area contributed by atoms with E-state index < -0.39 is 16.1 Å². The molecule has 0 bridgehead atoms. The Hall–Kier alpha value is -2.87. The lowest BCUT2D eigenvalue weighted by molar-refractivity contribution is 0.262. The zero-order valence-corrected chi connectivity index (χ0v) is 17.0. The van der Waals surface area contributed by atoms with Crippen molar-refractivity contribution in [3.63, 3.8) is 0 Å². The van der Waals surface area contributed by atoms with Crippen molar-refractivity contribution in [3.8, 4) is 0 Å². The minimum Gasteiger partial charge on any atom is -0.308 e. The number of sulfonamides is 1. The van der Waals surface area contributed by atoms with E-state index in [-0.39, 0.29) is 4.90 Å². The molecule has 0 saturated carbocycles. The summed E-state index contributed by atoms with van der Waals surface area (Å²) in [6, 6.07) is 21.9. The van der Waals surface area contributed by atoms with Gasteiger partial charge in [0.1, 0.15) is 0 Å². The smallest absolute Gasteiger partial charge is 0.308 e. The van der Waals surface area contributed by atoms with Crippen LogP contribution in [0.2, 0.25) is 5.02 Å². The van der Waals surface area contributed by atoms with Crippen LogP contribution in [0.25, 0.3) is 0 Å². The summed E-state index contributed by atoms with van der Waals surface area (Å²) in [6.07, 6.45) is 0.601. The van der Waals surface area contributed by atoms with E-state index in [1.807, 2.05) is 30.3 Å². The van der Waals surface area contributed by atoms with Gasteiger partial charge in [0.2, 0.25) is 10.0 Å². The predicted molar refractivity (Wildman–Crippen MR) is 116 cm³/mol. The molecule has 29 heavy (non-hydrogen) atoms. The SMILES string of the molecule is O=C(Nc1ccc(S(=O)(=O)NCCc2ccccc2)cc1)Nc1cccc(Cl)c1. The Bertz CT molecular complexity index is 1070. The van der Waals surface area contributed by atoms with Gasteiger partial charge >= 0.3 is 6.03 Å². The monoisotopic (exact) mass is 429 g/mol. The van der Waals surface area contributed by atoms with E-state index in [1.165, 1.54) is 24.3 Å². The lowest BCUT2D eigenvalue weighted by atomic mass is 10.2. The van der Waals surface area contributed by atoms with Gasteiger partial charge in [-0.2, -0.15) is 0 Å². The average Bonchev–Trinajstić information content (AvgIpc) is 2.69. The molecule has 0 unspecified atom stereocenters. The third-order valence-electron chi connectivity index (χ3n) is 4.05. The van der Waals surface area contributed by atoms with Crippen LogP contribution in [0.15, 0.2) is 83.8 Å². The third kappa shape index (κ3) is 6.32. The zero-order chi connectivity index (χ0) is 20.7. The summed E-state index contributed by atoms with van der Waals surface area (Å²) in [6.45, 7) is 0.300. The number of rotatable bonds is 7. The minimum atomic E-state index is -3.62. The summed E-state index contributed by atoms with van der Waals surface area (Å²) < 4.78 is 27.4. The molecule has 6 nitrogen and oxygen atoms in total. The van der Waals surface area contributed by atoms with Crippen LogP contribution in [0.5, 0.6) is 0 Å². The molecule has 3 rings (SSSR count). The van der Waals surface area contributed by atoms with E-state index in [0.717, 1.165) is 5.56 Å². The van der Waals surface area contributed by atoms with E-state index in [9.17, 15) is 13.2 Å². The molecule has 3 N–H and O–H groups in total. The molecular formula is C21H20ClN3O3S. The fourth-order valence-corrected chi connectivity index (χ4v) is 3.86. The van der Waals surface area contributed by atoms with Gasteiger partial charge in [0, 0.05) is 22.9 Å². The quantitative estimate of drug-likeness (QED) is 0.516. The van der Waals surface area contributed by atoms with Gasteiger partial charge in [0.05, 0.1) is 4.90 Å². The van der Waals surface area contributed by atoms with Crippen LogP contribution in [0.3, 0.4) is 0 Å². The maximum atomic E-state index is 12.4. The lowest BCUT2D eigenvalue weighted by Gasteiger charge is -2.10. The van der Waals surface area contributed by atoms with Crippen LogP contribution in [0.4, 0.5) is 16.2 Å². The highest BCUT2D eigenvalue weighted by atomic mass is 35.5. The maximum Gasteiger partial charge on any atom is 0.323 e. The molecule has 0 aliphatic rings. The highest BCUT2D eigenvalue weighted by Crippen LogP contribution is 2.17. The fraction of sp³-hybridized carbons (Fsp3) is 0.0952. The first-order chi connectivity index (χ1) is 13.9. The van der Waals surface area contributed by atoms with Crippen LogP contribution >= 0.6 is 11.6 Å². The summed E-state index contributed by atoms with van der Waals surface area (Å²) in [5.41, 5.74) is 2.07. The van der Waals surface area contributed by atoms with Gasteiger partial charge in [0.25, 0.3) is 0 Å². The van der Waals surface area contributed by atoms with Crippen molar-refractivity contribution in [1.82, 2.24) is 4.72 Å². The molecule has 0 radical (unpaired) electrons. The Morgan fingerprint density at radius 3 is 2.21 bits per heavy atom. The Kier molecular flexibility index (Phi) is 6.87. The number of hydrogen-bond acceptors (Lipinski definition) is 3. The van der Waals surface area contributed by atoms with Crippen LogP contribution in [0, 0.1) is 0 Å². The van der Waals surface area contributed by atoms with Crippen molar-refractivity contribution in [2.24, 2.45) is 0 Å². The van der Waals surface area contributed by atoms with Gasteiger partial charge in [-0.3, -0.25) is 0 Å². The van der Waals surface area contributed by atoms with Gasteiger partial charge in [-0.1, -0.05) is 48.0 Å². The molecule has 0 aromatic heterocycles. The molecule has 0 atom stereocenters. The van der Waals surface area contributed by atoms with E-state index >= 15 is 0 Å². The molecular weight excluding hydrogens is 410 g/mol. The van der Waals surface area contributed by atoms with Gasteiger partial charge in [0.15, 0.2) is 0 Å². The Labute approximate surface area is 175 Å². The molecule has 0 spiro atoms. The predicted octanol–water partition coefficient (Wildman–Crippen LogP) is 4.51. The second-order valence-electron chi connectivity index (χ2n) is 6.25. The first kappa shape index (κ1) is 20.9. The Morgan fingerprint density at radius 1 is 0.828 bits per heavy atom. The standard InChI is InChI=1S/C21H20ClN3O3S/c22-17-7-4-8-19(15-17)25-21(26)24-18-9-11-20(12-10-18)29(27,28)23-14-13-16-5-2-1-3-6-16/h1-12,15,23H,13-14H2,(H2,24,25,26). The average molecular weight is 430 g/mol. The van der Waals surface area contributed by atoms with Gasteiger partial charge in [-0.15, -0.1) is 0 Å². The van der Waals surface area contributed by atoms with E-state index in [1.54, 1.807) is 24.3 Å². The highest BCUT2D eigenvalue weighted by Gasteiger charge is 2.13. The Morgan fingerprint density at radius 2 is 1.52 bits per heavy atom. The van der Waals surface area contributed by atoms with Crippen molar-refractivity contribution in [1.29, 1.82) is 0 Å². The van der Waals surface area contributed by atoms with Crippen molar-refractivity contribution in [2.75, 3.05) is 17.2 Å². The molecule has 3 aromatic carbocycles. The third-order valence-corrected chi connectivity index (χ3v) is 5.77. The number of carbonyl (C=O) groups excluding carboxylic acids is 1. The number of hydrogen-bond donors (Lipinski definition) is 3. The largest absolute Gasteiger partial charge is 0.323 e. The second-order valence-corrected chi connectivity index (χ2v) is 8.45.